The van der Waals surface area contributed by atoms with Crippen LogP contribution in [0.1, 0.15) is 47.8 Å². The number of amides is 2. The smallest absolute Gasteiger partial charge is 0.318 e. The Balaban J connectivity index is 1.28. The third-order valence-electron chi connectivity index (χ3n) is 6.38. The van der Waals surface area contributed by atoms with Crippen molar-refractivity contribution in [2.75, 3.05) is 6.54 Å². The number of likely N-dealkylation sites (tertiary alicyclic amines) is 1. The van der Waals surface area contributed by atoms with E-state index in [1.165, 1.54) is 11.1 Å². The van der Waals surface area contributed by atoms with Gasteiger partial charge in [0.15, 0.2) is 0 Å². The Morgan fingerprint density at radius 2 is 1.90 bits per heavy atom. The Morgan fingerprint density at radius 1 is 1.10 bits per heavy atom. The van der Waals surface area contributed by atoms with Gasteiger partial charge < -0.3 is 10.2 Å². The zero-order valence-electron chi connectivity index (χ0n) is 17.4. The summed E-state index contributed by atoms with van der Waals surface area (Å²) in [4.78, 5) is 19.6. The molecule has 2 amide bonds. The normalized spacial score (nSPS) is 20.5. The average Bonchev–Trinajstić information content (AvgIpc) is 3.44. The Hall–Kier alpha value is -2.86. The van der Waals surface area contributed by atoms with Gasteiger partial charge in [0.25, 0.3) is 0 Å². The van der Waals surface area contributed by atoms with E-state index in [0.717, 1.165) is 50.0 Å². The van der Waals surface area contributed by atoms with Crippen LogP contribution in [0.15, 0.2) is 54.9 Å². The molecule has 5 rings (SSSR count). The van der Waals surface area contributed by atoms with E-state index in [-0.39, 0.29) is 18.1 Å². The number of rotatable bonds is 4. The summed E-state index contributed by atoms with van der Waals surface area (Å²) in [7, 11) is 0. The van der Waals surface area contributed by atoms with Gasteiger partial charge in [0.2, 0.25) is 0 Å². The Bertz CT molecular complexity index is 1060. The summed E-state index contributed by atoms with van der Waals surface area (Å²) in [6.45, 7) is 1.35. The molecule has 7 heteroatoms. The van der Waals surface area contributed by atoms with Crippen LogP contribution >= 0.6 is 11.6 Å². The van der Waals surface area contributed by atoms with Crippen LogP contribution in [-0.4, -0.2) is 38.3 Å². The van der Waals surface area contributed by atoms with Crippen molar-refractivity contribution in [3.8, 4) is 0 Å². The number of carbonyl (C=O) groups is 1. The molecular formula is C24H26ClN5O. The van der Waals surface area contributed by atoms with Gasteiger partial charge in [-0.15, -0.1) is 0 Å². The number of benzene rings is 2. The van der Waals surface area contributed by atoms with E-state index in [2.05, 4.69) is 39.7 Å². The first-order chi connectivity index (χ1) is 15.2. The number of halogens is 1. The first kappa shape index (κ1) is 20.1. The standard InChI is InChI=1S/C24H26ClN5O/c25-20-10-7-17(8-11-20)15-30-23(26-16-27-30)22-6-3-13-29(22)24(31)28-21-12-9-18-4-1-2-5-19(18)14-21/h1-2,4-5,7-8,10-11,16,21-22H,3,6,9,12-15H2,(H,28,31)/t21?,22-/m1/s1. The van der Waals surface area contributed by atoms with Crippen molar-refractivity contribution in [2.24, 2.45) is 0 Å². The molecule has 0 spiro atoms. The van der Waals surface area contributed by atoms with Crippen molar-refractivity contribution in [3.63, 3.8) is 0 Å². The molecule has 2 heterocycles. The summed E-state index contributed by atoms with van der Waals surface area (Å²) >= 11 is 6.00. The van der Waals surface area contributed by atoms with E-state index in [9.17, 15) is 4.79 Å². The Labute approximate surface area is 187 Å². The van der Waals surface area contributed by atoms with Gasteiger partial charge >= 0.3 is 6.03 Å². The molecule has 1 unspecified atom stereocenters. The Kier molecular flexibility index (Phi) is 5.64. The molecule has 2 aromatic carbocycles. The number of carbonyl (C=O) groups excluding carboxylic acids is 1. The third kappa shape index (κ3) is 4.30. The molecule has 1 N–H and O–H groups in total. The fourth-order valence-corrected chi connectivity index (χ4v) is 4.90. The van der Waals surface area contributed by atoms with Crippen molar-refractivity contribution in [2.45, 2.75) is 50.7 Å². The molecule has 31 heavy (non-hydrogen) atoms. The second-order valence-corrected chi connectivity index (χ2v) is 8.85. The van der Waals surface area contributed by atoms with Crippen molar-refractivity contribution >= 4 is 17.6 Å². The molecule has 1 fully saturated rings. The van der Waals surface area contributed by atoms with Gasteiger partial charge in [0, 0.05) is 17.6 Å². The number of aryl methyl sites for hydroxylation is 1. The van der Waals surface area contributed by atoms with Crippen LogP contribution in [0.2, 0.25) is 5.02 Å². The van der Waals surface area contributed by atoms with Gasteiger partial charge in [-0.2, -0.15) is 5.10 Å². The minimum Gasteiger partial charge on any atom is -0.335 e. The zero-order valence-corrected chi connectivity index (χ0v) is 18.1. The number of urea groups is 1. The van der Waals surface area contributed by atoms with Crippen LogP contribution in [0.5, 0.6) is 0 Å². The van der Waals surface area contributed by atoms with Gasteiger partial charge in [-0.05, 0) is 60.9 Å². The summed E-state index contributed by atoms with van der Waals surface area (Å²) in [6, 6.07) is 16.4. The number of hydrogen-bond donors (Lipinski definition) is 1. The monoisotopic (exact) mass is 435 g/mol. The van der Waals surface area contributed by atoms with Crippen molar-refractivity contribution < 1.29 is 4.79 Å². The van der Waals surface area contributed by atoms with E-state index < -0.39 is 0 Å². The molecule has 160 valence electrons. The highest BCUT2D eigenvalue weighted by Crippen LogP contribution is 2.31. The molecule has 2 atom stereocenters. The van der Waals surface area contributed by atoms with Crippen molar-refractivity contribution in [3.05, 3.63) is 82.4 Å². The first-order valence-electron chi connectivity index (χ1n) is 10.9. The molecular weight excluding hydrogens is 410 g/mol. The second-order valence-electron chi connectivity index (χ2n) is 8.41. The molecule has 1 aliphatic heterocycles. The van der Waals surface area contributed by atoms with Crippen LogP contribution in [0, 0.1) is 0 Å². The molecule has 0 bridgehead atoms. The lowest BCUT2D eigenvalue weighted by Gasteiger charge is -2.30. The van der Waals surface area contributed by atoms with Crippen molar-refractivity contribution in [1.82, 2.24) is 25.0 Å². The number of fused-ring (bicyclic) bond motifs is 1. The number of hydrogen-bond acceptors (Lipinski definition) is 3. The van der Waals surface area contributed by atoms with Gasteiger partial charge in [0.1, 0.15) is 12.2 Å². The predicted molar refractivity (Wildman–Crippen MR) is 120 cm³/mol. The van der Waals surface area contributed by atoms with Gasteiger partial charge in [-0.3, -0.25) is 0 Å². The molecule has 1 aliphatic carbocycles. The number of aromatic nitrogens is 3. The number of nitrogens with one attached hydrogen (secondary N) is 1. The fourth-order valence-electron chi connectivity index (χ4n) is 4.77. The summed E-state index contributed by atoms with van der Waals surface area (Å²) < 4.78 is 1.90. The van der Waals surface area contributed by atoms with Crippen molar-refractivity contribution in [1.29, 1.82) is 0 Å². The summed E-state index contributed by atoms with van der Waals surface area (Å²) in [5, 5.41) is 8.43. The predicted octanol–water partition coefficient (Wildman–Crippen LogP) is 4.38. The van der Waals surface area contributed by atoms with E-state index in [4.69, 9.17) is 11.6 Å². The van der Waals surface area contributed by atoms with Gasteiger partial charge in [-0.1, -0.05) is 48.0 Å². The number of nitrogens with zero attached hydrogens (tertiary/aromatic N) is 4. The maximum absolute atomic E-state index is 13.2. The largest absolute Gasteiger partial charge is 0.335 e. The molecule has 1 saturated heterocycles. The third-order valence-corrected chi connectivity index (χ3v) is 6.63. The fraction of sp³-hybridized carbons (Fsp3) is 0.375. The SMILES string of the molecule is O=C(NC1CCc2ccccc2C1)N1CCC[C@@H]1c1ncnn1Cc1ccc(Cl)cc1. The molecule has 1 aromatic heterocycles. The molecule has 6 nitrogen and oxygen atoms in total. The van der Waals surface area contributed by atoms with Crippen LogP contribution in [-0.2, 0) is 19.4 Å². The van der Waals surface area contributed by atoms with Gasteiger partial charge in [-0.25, -0.2) is 14.5 Å². The zero-order chi connectivity index (χ0) is 21.2. The molecule has 2 aliphatic rings. The Morgan fingerprint density at radius 3 is 2.74 bits per heavy atom. The first-order valence-corrected chi connectivity index (χ1v) is 11.3. The van der Waals surface area contributed by atoms with Crippen LogP contribution < -0.4 is 5.32 Å². The second kappa shape index (κ2) is 8.71. The van der Waals surface area contributed by atoms with Gasteiger partial charge in [0.05, 0.1) is 12.6 Å². The van der Waals surface area contributed by atoms with Crippen LogP contribution in [0.4, 0.5) is 4.79 Å². The van der Waals surface area contributed by atoms with E-state index >= 15 is 0 Å². The summed E-state index contributed by atoms with van der Waals surface area (Å²) in [5.41, 5.74) is 3.85. The van der Waals surface area contributed by atoms with E-state index in [1.807, 2.05) is 33.8 Å². The lowest BCUT2D eigenvalue weighted by molar-refractivity contribution is 0.184. The maximum Gasteiger partial charge on any atom is 0.318 e. The molecule has 3 aromatic rings. The summed E-state index contributed by atoms with van der Waals surface area (Å²) in [5.74, 6) is 0.844. The summed E-state index contributed by atoms with van der Waals surface area (Å²) in [6.07, 6.45) is 6.35. The lowest BCUT2D eigenvalue weighted by Crippen LogP contribution is -2.46. The van der Waals surface area contributed by atoms with E-state index in [0.29, 0.717) is 11.6 Å². The minimum absolute atomic E-state index is 0.00734. The maximum atomic E-state index is 13.2. The minimum atomic E-state index is -0.0503. The average molecular weight is 436 g/mol. The van der Waals surface area contributed by atoms with Crippen LogP contribution in [0.3, 0.4) is 0 Å². The highest BCUT2D eigenvalue weighted by atomic mass is 35.5. The quantitative estimate of drug-likeness (QED) is 0.661. The molecule has 0 radical (unpaired) electrons. The lowest BCUT2D eigenvalue weighted by atomic mass is 9.88. The highest BCUT2D eigenvalue weighted by molar-refractivity contribution is 6.30. The highest BCUT2D eigenvalue weighted by Gasteiger charge is 2.34. The van der Waals surface area contributed by atoms with E-state index in [1.54, 1.807) is 6.33 Å². The van der Waals surface area contributed by atoms with Crippen LogP contribution in [0.25, 0.3) is 0 Å². The topological polar surface area (TPSA) is 63.1 Å². The molecule has 0 saturated carbocycles.